The summed E-state index contributed by atoms with van der Waals surface area (Å²) in [5.74, 6) is 0.769. The zero-order valence-electron chi connectivity index (χ0n) is 14.7. The first-order chi connectivity index (χ1) is 9.38. The Kier molecular flexibility index (Phi) is 8.08. The Morgan fingerprint density at radius 2 is 1.80 bits per heavy atom. The van der Waals surface area contributed by atoms with Crippen molar-refractivity contribution in [1.82, 2.24) is 15.1 Å². The normalized spacial score (nSPS) is 23.6. The molecule has 1 N–H and O–H groups in total. The molecule has 0 radical (unpaired) electrons. The molecule has 3 nitrogen and oxygen atoms in total. The van der Waals surface area contributed by atoms with Gasteiger partial charge in [-0.3, -0.25) is 0 Å². The predicted octanol–water partition coefficient (Wildman–Crippen LogP) is 2.82. The molecule has 1 saturated heterocycles. The van der Waals surface area contributed by atoms with Crippen molar-refractivity contribution >= 4 is 0 Å². The molecule has 0 saturated carbocycles. The number of hydrogen-bond acceptors (Lipinski definition) is 3. The Bertz CT molecular complexity index is 241. The summed E-state index contributed by atoms with van der Waals surface area (Å²) in [6.45, 7) is 13.0. The summed E-state index contributed by atoms with van der Waals surface area (Å²) in [4.78, 5) is 4.95. The number of likely N-dealkylation sites (N-methyl/N-ethyl adjacent to an activating group) is 1. The minimum absolute atomic E-state index is 0.639. The van der Waals surface area contributed by atoms with E-state index in [4.69, 9.17) is 0 Å². The average Bonchev–Trinajstić information content (AvgIpc) is 2.52. The third kappa shape index (κ3) is 7.05. The summed E-state index contributed by atoms with van der Waals surface area (Å²) in [7, 11) is 4.37. The lowest BCUT2D eigenvalue weighted by Gasteiger charge is -2.29. The molecule has 0 aromatic heterocycles. The molecule has 2 atom stereocenters. The van der Waals surface area contributed by atoms with Crippen LogP contribution in [0.25, 0.3) is 0 Å². The molecule has 1 fully saturated rings. The molecule has 0 spiro atoms. The van der Waals surface area contributed by atoms with Gasteiger partial charge < -0.3 is 15.1 Å². The monoisotopic (exact) mass is 283 g/mol. The molecule has 1 aliphatic heterocycles. The highest BCUT2D eigenvalue weighted by molar-refractivity contribution is 4.81. The van der Waals surface area contributed by atoms with Crippen molar-refractivity contribution in [2.45, 2.75) is 71.5 Å². The van der Waals surface area contributed by atoms with Crippen LogP contribution in [0.5, 0.6) is 0 Å². The third-order valence-corrected chi connectivity index (χ3v) is 4.31. The highest BCUT2D eigenvalue weighted by Gasteiger charge is 2.21. The van der Waals surface area contributed by atoms with Gasteiger partial charge in [0.05, 0.1) is 0 Å². The number of hydrogen-bond donors (Lipinski definition) is 1. The highest BCUT2D eigenvalue weighted by Crippen LogP contribution is 2.15. The first-order valence-electron chi connectivity index (χ1n) is 8.53. The van der Waals surface area contributed by atoms with Gasteiger partial charge in [0.1, 0.15) is 0 Å². The van der Waals surface area contributed by atoms with Crippen LogP contribution in [0.2, 0.25) is 0 Å². The van der Waals surface area contributed by atoms with Crippen LogP contribution in [0.15, 0.2) is 0 Å². The van der Waals surface area contributed by atoms with Gasteiger partial charge in [0.25, 0.3) is 0 Å². The Balaban J connectivity index is 2.46. The zero-order valence-corrected chi connectivity index (χ0v) is 14.7. The van der Waals surface area contributed by atoms with Crippen LogP contribution in [0.4, 0.5) is 0 Å². The highest BCUT2D eigenvalue weighted by atomic mass is 15.2. The van der Waals surface area contributed by atoms with Gasteiger partial charge in [-0.2, -0.15) is 0 Å². The van der Waals surface area contributed by atoms with E-state index in [0.717, 1.165) is 12.5 Å². The lowest BCUT2D eigenvalue weighted by molar-refractivity contribution is 0.225. The summed E-state index contributed by atoms with van der Waals surface area (Å²) in [6.07, 6.45) is 5.26. The van der Waals surface area contributed by atoms with E-state index >= 15 is 0 Å². The van der Waals surface area contributed by atoms with Gasteiger partial charge in [-0.15, -0.1) is 0 Å². The summed E-state index contributed by atoms with van der Waals surface area (Å²) in [5.41, 5.74) is 0. The van der Waals surface area contributed by atoms with Crippen molar-refractivity contribution in [1.29, 1.82) is 0 Å². The van der Waals surface area contributed by atoms with Crippen LogP contribution in [0, 0.1) is 5.92 Å². The predicted molar refractivity (Wildman–Crippen MR) is 89.3 cm³/mol. The molecule has 0 aromatic carbocycles. The number of nitrogens with one attached hydrogen (secondary N) is 1. The van der Waals surface area contributed by atoms with Crippen LogP contribution >= 0.6 is 0 Å². The largest absolute Gasteiger partial charge is 0.310 e. The van der Waals surface area contributed by atoms with Crippen molar-refractivity contribution in [3.8, 4) is 0 Å². The van der Waals surface area contributed by atoms with Crippen molar-refractivity contribution in [3.05, 3.63) is 0 Å². The molecular formula is C17H37N3. The Hall–Kier alpha value is -0.120. The Morgan fingerprint density at radius 1 is 1.10 bits per heavy atom. The van der Waals surface area contributed by atoms with Crippen LogP contribution in [0.1, 0.15) is 53.4 Å². The van der Waals surface area contributed by atoms with Crippen molar-refractivity contribution in [2.24, 2.45) is 5.92 Å². The second-order valence-corrected chi connectivity index (χ2v) is 7.51. The second kappa shape index (κ2) is 9.01. The molecule has 0 amide bonds. The van der Waals surface area contributed by atoms with Gasteiger partial charge in [-0.25, -0.2) is 0 Å². The van der Waals surface area contributed by atoms with Crippen molar-refractivity contribution < 1.29 is 0 Å². The number of rotatable bonds is 7. The minimum Gasteiger partial charge on any atom is -0.310 e. The van der Waals surface area contributed by atoms with Crippen molar-refractivity contribution in [2.75, 3.05) is 33.7 Å². The van der Waals surface area contributed by atoms with Gasteiger partial charge in [-0.1, -0.05) is 13.8 Å². The van der Waals surface area contributed by atoms with E-state index < -0.39 is 0 Å². The fourth-order valence-electron chi connectivity index (χ4n) is 3.34. The summed E-state index contributed by atoms with van der Waals surface area (Å²) < 4.78 is 0. The smallest absolute Gasteiger partial charge is 0.0199 e. The maximum absolute atomic E-state index is 3.95. The van der Waals surface area contributed by atoms with Crippen LogP contribution in [0.3, 0.4) is 0 Å². The standard InChI is InChI=1S/C17H37N3/c1-14(2)12-17(13-19(5)6)18-16-8-7-10-20(11-9-16)15(3)4/h14-18H,7-13H2,1-6H3. The molecule has 0 bridgehead atoms. The molecule has 1 heterocycles. The van der Waals surface area contributed by atoms with Gasteiger partial charge in [0.15, 0.2) is 0 Å². The first-order valence-corrected chi connectivity index (χ1v) is 8.53. The molecular weight excluding hydrogens is 246 g/mol. The summed E-state index contributed by atoms with van der Waals surface area (Å²) in [6, 6.07) is 2.05. The molecule has 2 unspecified atom stereocenters. The van der Waals surface area contributed by atoms with E-state index in [-0.39, 0.29) is 0 Å². The van der Waals surface area contributed by atoms with Crippen LogP contribution in [-0.2, 0) is 0 Å². The lowest BCUT2D eigenvalue weighted by atomic mass is 10.0. The second-order valence-electron chi connectivity index (χ2n) is 7.51. The van der Waals surface area contributed by atoms with Crippen LogP contribution in [-0.4, -0.2) is 61.7 Å². The van der Waals surface area contributed by atoms with E-state index in [9.17, 15) is 0 Å². The summed E-state index contributed by atoms with van der Waals surface area (Å²) in [5, 5.41) is 3.95. The number of likely N-dealkylation sites (tertiary alicyclic amines) is 1. The minimum atomic E-state index is 0.639. The van der Waals surface area contributed by atoms with E-state index in [1.807, 2.05) is 0 Å². The number of nitrogens with zero attached hydrogens (tertiary/aromatic N) is 2. The SMILES string of the molecule is CC(C)CC(CN(C)C)NC1CCCN(C(C)C)CC1. The summed E-state index contributed by atoms with van der Waals surface area (Å²) >= 11 is 0. The van der Waals surface area contributed by atoms with Crippen LogP contribution < -0.4 is 5.32 Å². The van der Waals surface area contributed by atoms with Gasteiger partial charge in [-0.05, 0) is 72.6 Å². The van der Waals surface area contributed by atoms with E-state index in [2.05, 4.69) is 56.9 Å². The van der Waals surface area contributed by atoms with Gasteiger partial charge in [0, 0.05) is 24.7 Å². The third-order valence-electron chi connectivity index (χ3n) is 4.31. The molecule has 0 aliphatic carbocycles. The lowest BCUT2D eigenvalue weighted by Crippen LogP contribution is -2.45. The quantitative estimate of drug-likeness (QED) is 0.775. The fourth-order valence-corrected chi connectivity index (χ4v) is 3.34. The maximum atomic E-state index is 3.95. The Morgan fingerprint density at radius 3 is 2.35 bits per heavy atom. The van der Waals surface area contributed by atoms with E-state index in [1.54, 1.807) is 0 Å². The van der Waals surface area contributed by atoms with Crippen molar-refractivity contribution in [3.63, 3.8) is 0 Å². The fraction of sp³-hybridized carbons (Fsp3) is 1.00. The molecule has 1 rings (SSSR count). The molecule has 1 aliphatic rings. The van der Waals surface area contributed by atoms with E-state index in [0.29, 0.717) is 18.1 Å². The first kappa shape index (κ1) is 17.9. The maximum Gasteiger partial charge on any atom is 0.0199 e. The Labute approximate surface area is 127 Å². The molecule has 120 valence electrons. The average molecular weight is 284 g/mol. The molecule has 0 aromatic rings. The zero-order chi connectivity index (χ0) is 15.1. The topological polar surface area (TPSA) is 18.5 Å². The van der Waals surface area contributed by atoms with Gasteiger partial charge >= 0.3 is 0 Å². The van der Waals surface area contributed by atoms with E-state index in [1.165, 1.54) is 38.8 Å². The molecule has 3 heteroatoms. The van der Waals surface area contributed by atoms with Gasteiger partial charge in [0.2, 0.25) is 0 Å². The molecule has 20 heavy (non-hydrogen) atoms.